The molecule has 1 unspecified atom stereocenters. The van der Waals surface area contributed by atoms with E-state index in [9.17, 15) is 9.90 Å². The van der Waals surface area contributed by atoms with Crippen LogP contribution < -0.4 is 0 Å². The predicted molar refractivity (Wildman–Crippen MR) is 145 cm³/mol. The van der Waals surface area contributed by atoms with Crippen molar-refractivity contribution in [2.75, 3.05) is 26.2 Å². The SMILES string of the molecule is CCCC(C)N1CCN(C(=O)Cc2ccc(-c3cccc(-c4cc5cnccc5[nH]4)c3O)cc2)CC1. The van der Waals surface area contributed by atoms with Crippen LogP contribution in [0.3, 0.4) is 0 Å². The summed E-state index contributed by atoms with van der Waals surface area (Å²) in [4.78, 5) is 24.9. The fourth-order valence-electron chi connectivity index (χ4n) is 5.21. The van der Waals surface area contributed by atoms with Crippen molar-refractivity contribution in [1.29, 1.82) is 0 Å². The minimum Gasteiger partial charge on any atom is -0.507 e. The summed E-state index contributed by atoms with van der Waals surface area (Å²) in [5.74, 6) is 0.416. The second-order valence-electron chi connectivity index (χ2n) is 9.78. The van der Waals surface area contributed by atoms with Gasteiger partial charge in [0.1, 0.15) is 5.75 Å². The summed E-state index contributed by atoms with van der Waals surface area (Å²) in [6, 6.07) is 18.2. The van der Waals surface area contributed by atoms with Gasteiger partial charge >= 0.3 is 0 Å². The molecule has 0 radical (unpaired) electrons. The zero-order valence-electron chi connectivity index (χ0n) is 21.1. The van der Waals surface area contributed by atoms with Gasteiger partial charge in [-0.15, -0.1) is 0 Å². The molecule has 5 rings (SSSR count). The Morgan fingerprint density at radius 3 is 2.53 bits per heavy atom. The molecule has 1 fully saturated rings. The second kappa shape index (κ2) is 10.5. The highest BCUT2D eigenvalue weighted by Gasteiger charge is 2.23. The summed E-state index contributed by atoms with van der Waals surface area (Å²) in [6.07, 6.45) is 6.36. The largest absolute Gasteiger partial charge is 0.507 e. The van der Waals surface area contributed by atoms with E-state index in [4.69, 9.17) is 0 Å². The lowest BCUT2D eigenvalue weighted by Crippen LogP contribution is -2.51. The van der Waals surface area contributed by atoms with Gasteiger partial charge in [-0.05, 0) is 42.7 Å². The summed E-state index contributed by atoms with van der Waals surface area (Å²) < 4.78 is 0. The van der Waals surface area contributed by atoms with Gasteiger partial charge in [-0.25, -0.2) is 0 Å². The van der Waals surface area contributed by atoms with Gasteiger partial charge in [-0.2, -0.15) is 0 Å². The molecule has 3 heterocycles. The van der Waals surface area contributed by atoms with E-state index in [1.54, 1.807) is 6.20 Å². The molecule has 2 N–H and O–H groups in total. The smallest absolute Gasteiger partial charge is 0.227 e. The number of hydrogen-bond donors (Lipinski definition) is 2. The Morgan fingerprint density at radius 2 is 1.81 bits per heavy atom. The van der Waals surface area contributed by atoms with E-state index in [2.05, 4.69) is 28.7 Å². The molecule has 0 bridgehead atoms. The van der Waals surface area contributed by atoms with Crippen molar-refractivity contribution < 1.29 is 9.90 Å². The molecule has 36 heavy (non-hydrogen) atoms. The van der Waals surface area contributed by atoms with Crippen LogP contribution in [0.1, 0.15) is 32.3 Å². The van der Waals surface area contributed by atoms with Gasteiger partial charge in [0.05, 0.1) is 12.1 Å². The Labute approximate surface area is 212 Å². The number of phenolic OH excluding ortho intramolecular Hbond substituents is 1. The van der Waals surface area contributed by atoms with Crippen LogP contribution in [0.2, 0.25) is 0 Å². The van der Waals surface area contributed by atoms with Crippen molar-refractivity contribution in [1.82, 2.24) is 19.8 Å². The van der Waals surface area contributed by atoms with E-state index in [0.29, 0.717) is 12.5 Å². The minimum absolute atomic E-state index is 0.184. The van der Waals surface area contributed by atoms with Crippen LogP contribution in [0.4, 0.5) is 0 Å². The van der Waals surface area contributed by atoms with Gasteiger partial charge < -0.3 is 15.0 Å². The molecule has 6 nitrogen and oxygen atoms in total. The molecule has 0 saturated carbocycles. The van der Waals surface area contributed by atoms with Crippen molar-refractivity contribution in [3.63, 3.8) is 0 Å². The summed E-state index contributed by atoms with van der Waals surface area (Å²) in [7, 11) is 0. The van der Waals surface area contributed by atoms with E-state index in [0.717, 1.165) is 65.0 Å². The van der Waals surface area contributed by atoms with Crippen LogP contribution in [0.25, 0.3) is 33.3 Å². The Hall–Kier alpha value is -3.64. The Bertz CT molecular complexity index is 1300. The number of para-hydroxylation sites is 1. The predicted octanol–water partition coefficient (Wildman–Crippen LogP) is 5.48. The number of pyridine rings is 1. The molecule has 1 aliphatic heterocycles. The van der Waals surface area contributed by atoms with E-state index in [1.807, 2.05) is 65.7 Å². The number of carbonyl (C=O) groups excluding carboxylic acids is 1. The van der Waals surface area contributed by atoms with Crippen molar-refractivity contribution in [2.45, 2.75) is 39.2 Å². The first-order valence-corrected chi connectivity index (χ1v) is 12.9. The molecule has 0 spiro atoms. The molecule has 4 aromatic rings. The summed E-state index contributed by atoms with van der Waals surface area (Å²) >= 11 is 0. The molecule has 1 atom stereocenters. The van der Waals surface area contributed by atoms with E-state index in [1.165, 1.54) is 12.8 Å². The standard InChI is InChI=1S/C30H34N4O2/c1-3-5-21(2)33-14-16-34(17-15-33)29(35)18-22-8-10-23(11-9-22)25-6-4-7-26(30(25)36)28-19-24-20-31-13-12-27(24)32-28/h4,6-13,19-21,32,36H,3,5,14-18H2,1-2H3. The molecular weight excluding hydrogens is 448 g/mol. The van der Waals surface area contributed by atoms with Crippen molar-refractivity contribution >= 4 is 16.8 Å². The molecule has 1 aliphatic rings. The fraction of sp³-hybridized carbons (Fsp3) is 0.333. The molecular formula is C30H34N4O2. The number of carbonyl (C=O) groups is 1. The third-order valence-corrected chi connectivity index (χ3v) is 7.36. The monoisotopic (exact) mass is 482 g/mol. The zero-order valence-corrected chi connectivity index (χ0v) is 21.1. The van der Waals surface area contributed by atoms with Gasteiger partial charge in [0.15, 0.2) is 0 Å². The second-order valence-corrected chi connectivity index (χ2v) is 9.78. The van der Waals surface area contributed by atoms with Crippen LogP contribution in [0.15, 0.2) is 67.0 Å². The Morgan fingerprint density at radius 1 is 1.06 bits per heavy atom. The van der Waals surface area contributed by atoms with E-state index >= 15 is 0 Å². The number of nitrogens with zero attached hydrogens (tertiary/aromatic N) is 3. The molecule has 186 valence electrons. The lowest BCUT2D eigenvalue weighted by Gasteiger charge is -2.38. The van der Waals surface area contributed by atoms with Gasteiger partial charge in [-0.3, -0.25) is 14.7 Å². The maximum Gasteiger partial charge on any atom is 0.227 e. The van der Waals surface area contributed by atoms with Crippen molar-refractivity contribution in [3.8, 4) is 28.1 Å². The van der Waals surface area contributed by atoms with Crippen molar-refractivity contribution in [2.24, 2.45) is 0 Å². The number of aromatic amines is 1. The highest BCUT2D eigenvalue weighted by atomic mass is 16.3. The number of rotatable bonds is 7. The van der Waals surface area contributed by atoms with Crippen LogP contribution in [0.5, 0.6) is 5.75 Å². The average Bonchev–Trinajstić information content (AvgIpc) is 3.34. The maximum atomic E-state index is 12.9. The highest BCUT2D eigenvalue weighted by Crippen LogP contribution is 2.38. The Balaban J connectivity index is 1.26. The van der Waals surface area contributed by atoms with Gasteiger partial charge in [0, 0.05) is 66.6 Å². The first-order chi connectivity index (χ1) is 17.5. The summed E-state index contributed by atoms with van der Waals surface area (Å²) in [5.41, 5.74) is 5.25. The molecule has 1 amide bonds. The highest BCUT2D eigenvalue weighted by molar-refractivity contribution is 5.89. The van der Waals surface area contributed by atoms with Gasteiger partial charge in [-0.1, -0.05) is 49.7 Å². The molecule has 2 aromatic heterocycles. The zero-order chi connectivity index (χ0) is 25.1. The van der Waals surface area contributed by atoms with Crippen molar-refractivity contribution in [3.05, 3.63) is 72.6 Å². The maximum absolute atomic E-state index is 12.9. The normalized spacial score (nSPS) is 15.3. The average molecular weight is 483 g/mol. The summed E-state index contributed by atoms with van der Waals surface area (Å²) in [5, 5.41) is 12.1. The van der Waals surface area contributed by atoms with Crippen LogP contribution in [-0.2, 0) is 11.2 Å². The van der Waals surface area contributed by atoms with Gasteiger partial charge in [0.2, 0.25) is 5.91 Å². The number of aromatic hydroxyl groups is 1. The topological polar surface area (TPSA) is 72.5 Å². The molecule has 6 heteroatoms. The number of H-pyrrole nitrogens is 1. The van der Waals surface area contributed by atoms with E-state index in [-0.39, 0.29) is 11.7 Å². The fourth-order valence-corrected chi connectivity index (χ4v) is 5.21. The third kappa shape index (κ3) is 5.00. The number of aromatic nitrogens is 2. The molecule has 1 saturated heterocycles. The molecule has 0 aliphatic carbocycles. The number of amides is 1. The first-order valence-electron chi connectivity index (χ1n) is 12.9. The molecule has 2 aromatic carbocycles. The van der Waals surface area contributed by atoms with Crippen LogP contribution >= 0.6 is 0 Å². The van der Waals surface area contributed by atoms with Crippen LogP contribution in [-0.4, -0.2) is 63.0 Å². The number of nitrogens with one attached hydrogen (secondary N) is 1. The van der Waals surface area contributed by atoms with E-state index < -0.39 is 0 Å². The number of phenols is 1. The van der Waals surface area contributed by atoms with Crippen LogP contribution in [0, 0.1) is 0 Å². The number of fused-ring (bicyclic) bond motifs is 1. The number of benzene rings is 2. The first kappa shape index (κ1) is 24.1. The quantitative estimate of drug-likeness (QED) is 0.366. The lowest BCUT2D eigenvalue weighted by atomic mass is 9.98. The third-order valence-electron chi connectivity index (χ3n) is 7.36. The van der Waals surface area contributed by atoms with Gasteiger partial charge in [0.25, 0.3) is 0 Å². The lowest BCUT2D eigenvalue weighted by molar-refractivity contribution is -0.132. The number of hydrogen-bond acceptors (Lipinski definition) is 4. The minimum atomic E-state index is 0.184. The number of piperazine rings is 1. The summed E-state index contributed by atoms with van der Waals surface area (Å²) in [6.45, 7) is 8.02. The Kier molecular flexibility index (Phi) is 7.05.